The summed E-state index contributed by atoms with van der Waals surface area (Å²) in [6.45, 7) is 1.30. The minimum absolute atomic E-state index is 0.0498. The Kier molecular flexibility index (Phi) is 5.59. The van der Waals surface area contributed by atoms with Gasteiger partial charge in [0.25, 0.3) is 0 Å². The number of aromatic nitrogens is 4. The van der Waals surface area contributed by atoms with Gasteiger partial charge in [0.2, 0.25) is 0 Å². The lowest BCUT2D eigenvalue weighted by Crippen LogP contribution is -2.16. The van der Waals surface area contributed by atoms with Gasteiger partial charge < -0.3 is 10.5 Å². The highest BCUT2D eigenvalue weighted by atomic mass is 32.2. The van der Waals surface area contributed by atoms with E-state index < -0.39 is 11.6 Å². The van der Waals surface area contributed by atoms with Gasteiger partial charge in [0.1, 0.15) is 16.5 Å². The lowest BCUT2D eigenvalue weighted by molar-refractivity contribution is 0.0953. The van der Waals surface area contributed by atoms with Gasteiger partial charge in [0.05, 0.1) is 23.2 Å². The summed E-state index contributed by atoms with van der Waals surface area (Å²) < 4.78 is 35.4. The molecule has 160 valence electrons. The van der Waals surface area contributed by atoms with E-state index in [-0.39, 0.29) is 17.4 Å². The topological polar surface area (TPSA) is 78.8 Å². The molecular formula is C21H19F2N5OS2. The van der Waals surface area contributed by atoms with Crippen molar-refractivity contribution in [3.05, 3.63) is 53.7 Å². The number of nitrogens with two attached hydrogens (primary N) is 1. The Bertz CT molecular complexity index is 1240. The first kappa shape index (κ1) is 20.3. The summed E-state index contributed by atoms with van der Waals surface area (Å²) in [4.78, 5) is 6.02. The number of nitrogen functional groups attached to an aromatic ring is 1. The van der Waals surface area contributed by atoms with Crippen molar-refractivity contribution in [2.24, 2.45) is 0 Å². The van der Waals surface area contributed by atoms with Gasteiger partial charge in [-0.15, -0.1) is 21.5 Å². The minimum atomic E-state index is -0.468. The lowest BCUT2D eigenvalue weighted by atomic mass is 10.2. The molecule has 1 aliphatic rings. The Morgan fingerprint density at radius 3 is 2.97 bits per heavy atom. The largest absolute Gasteiger partial charge is 0.397 e. The van der Waals surface area contributed by atoms with E-state index in [4.69, 9.17) is 10.5 Å². The molecule has 0 bridgehead atoms. The number of fused-ring (bicyclic) bond motifs is 1. The van der Waals surface area contributed by atoms with Gasteiger partial charge in [-0.25, -0.2) is 13.8 Å². The van der Waals surface area contributed by atoms with E-state index in [2.05, 4.69) is 15.2 Å². The molecule has 0 radical (unpaired) electrons. The number of pyridine rings is 1. The van der Waals surface area contributed by atoms with Gasteiger partial charge in [-0.2, -0.15) is 0 Å². The van der Waals surface area contributed by atoms with Crippen LogP contribution in [0, 0.1) is 11.6 Å². The second-order valence-electron chi connectivity index (χ2n) is 7.28. The van der Waals surface area contributed by atoms with E-state index >= 15 is 0 Å². The molecule has 1 aliphatic heterocycles. The summed E-state index contributed by atoms with van der Waals surface area (Å²) in [6, 6.07) is 7.24. The predicted octanol–water partition coefficient (Wildman–Crippen LogP) is 4.89. The molecule has 0 unspecified atom stereocenters. The third-order valence-electron chi connectivity index (χ3n) is 5.20. The standard InChI is InChI=1S/C21H19F2N5OS2/c22-13-5-6-16(23)12(9-13)11-30-21-27-26-19(28(21)10-14-3-2-8-29-14)18-17(24)15-4-1-7-25-20(15)31-18/h1,4-7,9,14H,2-3,8,10-11,24H2/t14-/m1/s1. The van der Waals surface area contributed by atoms with E-state index in [0.717, 1.165) is 46.7 Å². The third kappa shape index (κ3) is 4.02. The Labute approximate surface area is 185 Å². The first-order valence-corrected chi connectivity index (χ1v) is 11.7. The van der Waals surface area contributed by atoms with E-state index in [9.17, 15) is 8.78 Å². The van der Waals surface area contributed by atoms with Crippen LogP contribution in [0.25, 0.3) is 20.9 Å². The van der Waals surface area contributed by atoms with Gasteiger partial charge >= 0.3 is 0 Å². The van der Waals surface area contributed by atoms with Crippen molar-refractivity contribution in [2.75, 3.05) is 12.3 Å². The number of benzene rings is 1. The molecule has 4 aromatic rings. The zero-order chi connectivity index (χ0) is 21.4. The van der Waals surface area contributed by atoms with Crippen LogP contribution >= 0.6 is 23.1 Å². The van der Waals surface area contributed by atoms with Crippen LogP contribution in [-0.4, -0.2) is 32.5 Å². The summed E-state index contributed by atoms with van der Waals surface area (Å²) in [6.07, 6.45) is 3.74. The number of halogens is 2. The van der Waals surface area contributed by atoms with Crippen molar-refractivity contribution in [2.45, 2.75) is 36.4 Å². The van der Waals surface area contributed by atoms with Crippen LogP contribution in [0.5, 0.6) is 0 Å². The van der Waals surface area contributed by atoms with Crippen LogP contribution in [0.3, 0.4) is 0 Å². The highest BCUT2D eigenvalue weighted by Gasteiger charge is 2.25. The lowest BCUT2D eigenvalue weighted by Gasteiger charge is -2.14. The van der Waals surface area contributed by atoms with Gasteiger partial charge in [-0.1, -0.05) is 11.8 Å². The van der Waals surface area contributed by atoms with Crippen LogP contribution < -0.4 is 5.73 Å². The molecular weight excluding hydrogens is 440 g/mol. The number of rotatable bonds is 6. The SMILES string of the molecule is Nc1c(-c2nnc(SCc3cc(F)ccc3F)n2C[C@H]2CCCO2)sc2ncccc12. The van der Waals surface area contributed by atoms with E-state index in [1.807, 2.05) is 16.7 Å². The molecule has 10 heteroatoms. The number of hydrogen-bond donors (Lipinski definition) is 1. The third-order valence-corrected chi connectivity index (χ3v) is 7.34. The van der Waals surface area contributed by atoms with Crippen molar-refractivity contribution in [1.29, 1.82) is 0 Å². The minimum Gasteiger partial charge on any atom is -0.397 e. The monoisotopic (exact) mass is 459 g/mol. The van der Waals surface area contributed by atoms with Gasteiger partial charge in [0, 0.05) is 29.5 Å². The van der Waals surface area contributed by atoms with Crippen LogP contribution in [0.2, 0.25) is 0 Å². The normalized spacial score (nSPS) is 16.4. The van der Waals surface area contributed by atoms with E-state index in [1.54, 1.807) is 6.20 Å². The summed E-state index contributed by atoms with van der Waals surface area (Å²) in [5.74, 6) is -0.0436. The van der Waals surface area contributed by atoms with Crippen LogP contribution in [0.4, 0.5) is 14.5 Å². The number of nitrogens with zero attached hydrogens (tertiary/aromatic N) is 4. The number of thiophene rings is 1. The van der Waals surface area contributed by atoms with Crippen LogP contribution in [0.15, 0.2) is 41.7 Å². The smallest absolute Gasteiger partial charge is 0.191 e. The highest BCUT2D eigenvalue weighted by molar-refractivity contribution is 7.98. The second kappa shape index (κ2) is 8.52. The van der Waals surface area contributed by atoms with E-state index in [1.165, 1.54) is 29.2 Å². The first-order valence-electron chi connectivity index (χ1n) is 9.85. The van der Waals surface area contributed by atoms with Crippen molar-refractivity contribution >= 4 is 39.0 Å². The maximum atomic E-state index is 14.1. The summed E-state index contributed by atoms with van der Waals surface area (Å²) in [5.41, 5.74) is 7.31. The Morgan fingerprint density at radius 2 is 2.16 bits per heavy atom. The molecule has 31 heavy (non-hydrogen) atoms. The number of hydrogen-bond acceptors (Lipinski definition) is 7. The Morgan fingerprint density at radius 1 is 1.26 bits per heavy atom. The van der Waals surface area contributed by atoms with Crippen LogP contribution in [0.1, 0.15) is 18.4 Å². The molecule has 2 N–H and O–H groups in total. The molecule has 0 amide bonds. The fourth-order valence-electron chi connectivity index (χ4n) is 3.63. The predicted molar refractivity (Wildman–Crippen MR) is 118 cm³/mol. The fraction of sp³-hybridized carbons (Fsp3) is 0.286. The molecule has 1 saturated heterocycles. The quantitative estimate of drug-likeness (QED) is 0.414. The summed E-state index contributed by atoms with van der Waals surface area (Å²) in [7, 11) is 0. The molecule has 0 aliphatic carbocycles. The zero-order valence-corrected chi connectivity index (χ0v) is 18.1. The maximum Gasteiger partial charge on any atom is 0.191 e. The van der Waals surface area contributed by atoms with E-state index in [0.29, 0.717) is 23.2 Å². The molecule has 0 saturated carbocycles. The summed E-state index contributed by atoms with van der Waals surface area (Å²) in [5, 5.41) is 10.2. The molecule has 3 aromatic heterocycles. The molecule has 1 fully saturated rings. The average molecular weight is 460 g/mol. The fourth-order valence-corrected chi connectivity index (χ4v) is 5.61. The van der Waals surface area contributed by atoms with Gasteiger partial charge in [-0.3, -0.25) is 4.57 Å². The highest BCUT2D eigenvalue weighted by Crippen LogP contribution is 2.40. The molecule has 1 atom stereocenters. The van der Waals surface area contributed by atoms with Crippen molar-refractivity contribution in [3.8, 4) is 10.7 Å². The second-order valence-corrected chi connectivity index (χ2v) is 9.22. The average Bonchev–Trinajstić information content (AvgIpc) is 3.50. The van der Waals surface area contributed by atoms with Gasteiger partial charge in [-0.05, 0) is 43.2 Å². The zero-order valence-electron chi connectivity index (χ0n) is 16.4. The Balaban J connectivity index is 1.51. The molecule has 0 spiro atoms. The molecule has 6 nitrogen and oxygen atoms in total. The number of ether oxygens (including phenoxy) is 1. The van der Waals surface area contributed by atoms with Gasteiger partial charge in [0.15, 0.2) is 11.0 Å². The molecule has 4 heterocycles. The maximum absolute atomic E-state index is 14.1. The first-order chi connectivity index (χ1) is 15.1. The molecule has 1 aromatic carbocycles. The van der Waals surface area contributed by atoms with Crippen molar-refractivity contribution < 1.29 is 13.5 Å². The Hall–Kier alpha value is -2.56. The van der Waals surface area contributed by atoms with Crippen LogP contribution in [-0.2, 0) is 17.0 Å². The van der Waals surface area contributed by atoms with Crippen molar-refractivity contribution in [1.82, 2.24) is 19.7 Å². The molecule has 5 rings (SSSR count). The number of anilines is 1. The summed E-state index contributed by atoms with van der Waals surface area (Å²) >= 11 is 2.77. The number of thioether (sulfide) groups is 1. The van der Waals surface area contributed by atoms with Crippen molar-refractivity contribution in [3.63, 3.8) is 0 Å².